The van der Waals surface area contributed by atoms with Gasteiger partial charge in [-0.15, -0.1) is 0 Å². The Morgan fingerprint density at radius 3 is 2.56 bits per heavy atom. The average Bonchev–Trinajstić information content (AvgIpc) is 3.13. The van der Waals surface area contributed by atoms with Crippen molar-refractivity contribution < 1.29 is 4.52 Å². The van der Waals surface area contributed by atoms with Crippen LogP contribution in [0.25, 0.3) is 33.1 Å². The Bertz CT molecular complexity index is 1130. The number of aromatic nitrogens is 4. The van der Waals surface area contributed by atoms with Crippen LogP contribution in [0.5, 0.6) is 0 Å². The van der Waals surface area contributed by atoms with E-state index >= 15 is 0 Å². The van der Waals surface area contributed by atoms with Gasteiger partial charge >= 0.3 is 0 Å². The molecule has 0 saturated heterocycles. The minimum absolute atomic E-state index is 0.403. The van der Waals surface area contributed by atoms with Crippen LogP contribution in [0.15, 0.2) is 16.7 Å². The van der Waals surface area contributed by atoms with Gasteiger partial charge in [0.05, 0.1) is 11.4 Å². The molecule has 0 spiro atoms. The smallest absolute Gasteiger partial charge is 0.142 e. The second-order valence-electron chi connectivity index (χ2n) is 7.61. The molecule has 5 nitrogen and oxygen atoms in total. The summed E-state index contributed by atoms with van der Waals surface area (Å²) >= 11 is 0. The van der Waals surface area contributed by atoms with Crippen LogP contribution in [0.2, 0.25) is 0 Å². The van der Waals surface area contributed by atoms with Gasteiger partial charge in [-0.05, 0) is 63.3 Å². The van der Waals surface area contributed by atoms with Crippen molar-refractivity contribution in [2.24, 2.45) is 0 Å². The van der Waals surface area contributed by atoms with Gasteiger partial charge in [-0.1, -0.05) is 25.4 Å². The first-order valence-corrected chi connectivity index (χ1v) is 9.64. The maximum absolute atomic E-state index is 5.39. The van der Waals surface area contributed by atoms with Gasteiger partial charge in [0.25, 0.3) is 0 Å². The molecule has 0 aliphatic carbocycles. The van der Waals surface area contributed by atoms with E-state index in [1.165, 1.54) is 10.9 Å². The maximum Gasteiger partial charge on any atom is 0.142 e. The van der Waals surface area contributed by atoms with E-state index in [0.29, 0.717) is 5.92 Å². The molecule has 0 radical (unpaired) electrons. The number of hydrogen-bond donors (Lipinski definition) is 1. The molecule has 140 valence electrons. The van der Waals surface area contributed by atoms with Crippen LogP contribution in [0.1, 0.15) is 61.1 Å². The first-order chi connectivity index (χ1) is 12.9. The van der Waals surface area contributed by atoms with E-state index in [4.69, 9.17) is 9.51 Å². The average molecular weight is 362 g/mol. The monoisotopic (exact) mass is 362 g/mol. The summed E-state index contributed by atoms with van der Waals surface area (Å²) < 4.78 is 5.39. The van der Waals surface area contributed by atoms with Crippen LogP contribution in [-0.2, 0) is 0 Å². The molecule has 0 aliphatic rings. The highest BCUT2D eigenvalue weighted by Gasteiger charge is 2.20. The Hall–Kier alpha value is -2.69. The topological polar surface area (TPSA) is 67.6 Å². The molecule has 4 aromatic rings. The number of H-pyrrole nitrogens is 1. The number of aryl methyl sites for hydroxylation is 4. The van der Waals surface area contributed by atoms with Crippen molar-refractivity contribution >= 4 is 21.9 Å². The lowest BCUT2D eigenvalue weighted by Gasteiger charge is -2.12. The zero-order chi connectivity index (χ0) is 19.3. The van der Waals surface area contributed by atoms with E-state index in [2.05, 4.69) is 48.0 Å². The number of nitrogens with one attached hydrogen (secondary N) is 1. The Kier molecular flexibility index (Phi) is 4.25. The summed E-state index contributed by atoms with van der Waals surface area (Å²) in [7, 11) is 0. The first-order valence-electron chi connectivity index (χ1n) is 9.64. The molecule has 1 unspecified atom stereocenters. The number of hydrogen-bond acceptors (Lipinski definition) is 4. The Labute approximate surface area is 159 Å². The maximum atomic E-state index is 5.39. The van der Waals surface area contributed by atoms with Gasteiger partial charge in [0, 0.05) is 21.9 Å². The van der Waals surface area contributed by atoms with E-state index in [9.17, 15) is 0 Å². The Morgan fingerprint density at radius 1 is 1.11 bits per heavy atom. The molecule has 0 bridgehead atoms. The molecule has 5 heteroatoms. The number of fused-ring (bicyclic) bond motifs is 3. The summed E-state index contributed by atoms with van der Waals surface area (Å²) in [5.74, 6) is 2.06. The molecule has 4 rings (SSSR count). The van der Waals surface area contributed by atoms with Crippen molar-refractivity contribution in [2.45, 2.75) is 60.3 Å². The Balaban J connectivity index is 2.02. The lowest BCUT2D eigenvalue weighted by atomic mass is 9.95. The van der Waals surface area contributed by atoms with Crippen LogP contribution in [-0.4, -0.2) is 20.1 Å². The fourth-order valence-corrected chi connectivity index (χ4v) is 4.16. The van der Waals surface area contributed by atoms with E-state index in [1.54, 1.807) is 0 Å². The van der Waals surface area contributed by atoms with Crippen molar-refractivity contribution in [3.8, 4) is 11.1 Å². The molecule has 0 aliphatic heterocycles. The minimum Gasteiger partial charge on any atom is -0.361 e. The summed E-state index contributed by atoms with van der Waals surface area (Å²) in [5.41, 5.74) is 7.50. The second-order valence-corrected chi connectivity index (χ2v) is 7.61. The van der Waals surface area contributed by atoms with Gasteiger partial charge in [0.2, 0.25) is 0 Å². The highest BCUT2D eigenvalue weighted by atomic mass is 16.5. The Morgan fingerprint density at radius 2 is 1.89 bits per heavy atom. The van der Waals surface area contributed by atoms with Gasteiger partial charge in [0.15, 0.2) is 0 Å². The van der Waals surface area contributed by atoms with Gasteiger partial charge < -0.3 is 9.51 Å². The highest BCUT2D eigenvalue weighted by Crippen LogP contribution is 2.37. The summed E-state index contributed by atoms with van der Waals surface area (Å²) in [6.45, 7) is 12.5. The van der Waals surface area contributed by atoms with Gasteiger partial charge in [-0.2, -0.15) is 0 Å². The number of rotatable bonds is 4. The van der Waals surface area contributed by atoms with Crippen molar-refractivity contribution in [3.63, 3.8) is 0 Å². The van der Waals surface area contributed by atoms with Crippen molar-refractivity contribution in [3.05, 3.63) is 40.7 Å². The third-order valence-electron chi connectivity index (χ3n) is 5.43. The van der Waals surface area contributed by atoms with Gasteiger partial charge in [-0.3, -0.25) is 0 Å². The van der Waals surface area contributed by atoms with Crippen molar-refractivity contribution in [1.29, 1.82) is 0 Å². The molecule has 27 heavy (non-hydrogen) atoms. The number of nitrogens with zero attached hydrogens (tertiary/aromatic N) is 3. The zero-order valence-corrected chi connectivity index (χ0v) is 16.9. The molecule has 1 atom stereocenters. The lowest BCUT2D eigenvalue weighted by Crippen LogP contribution is -2.01. The van der Waals surface area contributed by atoms with Crippen LogP contribution in [0.3, 0.4) is 0 Å². The van der Waals surface area contributed by atoms with Crippen LogP contribution < -0.4 is 0 Å². The quantitative estimate of drug-likeness (QED) is 0.490. The van der Waals surface area contributed by atoms with E-state index in [-0.39, 0.29) is 0 Å². The summed E-state index contributed by atoms with van der Waals surface area (Å²) in [4.78, 5) is 13.0. The SMILES string of the molecule is CCCC(C)c1nc(C)nc2[nH]c3cc(-c4c(C)noc4C)c(C)cc3c12. The standard InChI is InChI=1S/C22H26N4O/c1-7-8-11(2)21-20-17-9-12(3)16(19-13(4)26-27-14(19)5)10-18(17)25-22(20)24-15(6)23-21/h9-11H,7-8H2,1-6H3,(H,23,24,25). The molecule has 0 saturated carbocycles. The van der Waals surface area contributed by atoms with Crippen molar-refractivity contribution in [2.75, 3.05) is 0 Å². The highest BCUT2D eigenvalue weighted by molar-refractivity contribution is 6.09. The summed E-state index contributed by atoms with van der Waals surface area (Å²) in [6.07, 6.45) is 2.26. The third-order valence-corrected chi connectivity index (χ3v) is 5.43. The van der Waals surface area contributed by atoms with Gasteiger partial charge in [0.1, 0.15) is 17.2 Å². The van der Waals surface area contributed by atoms with Crippen LogP contribution in [0.4, 0.5) is 0 Å². The normalized spacial score (nSPS) is 13.0. The molecule has 1 aromatic carbocycles. The molecular formula is C22H26N4O. The molecule has 0 fully saturated rings. The predicted octanol–water partition coefficient (Wildman–Crippen LogP) is 5.90. The molecular weight excluding hydrogens is 336 g/mol. The zero-order valence-electron chi connectivity index (χ0n) is 16.9. The molecule has 1 N–H and O–H groups in total. The number of aromatic amines is 1. The minimum atomic E-state index is 0.403. The fraction of sp³-hybridized carbons (Fsp3) is 0.409. The first kappa shape index (κ1) is 17.7. The van der Waals surface area contributed by atoms with Crippen molar-refractivity contribution in [1.82, 2.24) is 20.1 Å². The largest absolute Gasteiger partial charge is 0.361 e. The van der Waals surface area contributed by atoms with Gasteiger partial charge in [-0.25, -0.2) is 9.97 Å². The molecule has 3 heterocycles. The summed E-state index contributed by atoms with van der Waals surface area (Å²) in [5, 5.41) is 6.47. The second kappa shape index (κ2) is 6.48. The van der Waals surface area contributed by atoms with E-state index < -0.39 is 0 Å². The van der Waals surface area contributed by atoms with E-state index in [1.807, 2.05) is 20.8 Å². The third kappa shape index (κ3) is 2.82. The van der Waals surface area contributed by atoms with Crippen LogP contribution >= 0.6 is 0 Å². The fourth-order valence-electron chi connectivity index (χ4n) is 4.16. The molecule has 0 amide bonds. The van der Waals surface area contributed by atoms with E-state index in [0.717, 1.165) is 63.5 Å². The van der Waals surface area contributed by atoms with Crippen LogP contribution in [0, 0.1) is 27.7 Å². The lowest BCUT2D eigenvalue weighted by molar-refractivity contribution is 0.393. The molecule has 3 aromatic heterocycles. The predicted molar refractivity (Wildman–Crippen MR) is 109 cm³/mol. The number of benzene rings is 1. The summed E-state index contributed by atoms with van der Waals surface area (Å²) in [6, 6.07) is 4.44.